The first-order valence-electron chi connectivity index (χ1n) is 9.48. The number of nitrogens with one attached hydrogen (secondary N) is 1. The summed E-state index contributed by atoms with van der Waals surface area (Å²) in [5.41, 5.74) is 4.74. The molecular formula is C22H23NO4. The standard InChI is InChI=1S/C22H23NO4/c24-21(25)14-6-5-7-15(12-14)23-22(26)27-13-20-18-10-3-1-8-16(18)17-9-2-4-11-19(17)20/h1-4,8-11,14-15,20H,5-7,12-13H2,(H,23,26)(H,24,25)/t14-,15+/m1/s1. The summed E-state index contributed by atoms with van der Waals surface area (Å²) in [5.74, 6) is -1.13. The highest BCUT2D eigenvalue weighted by Crippen LogP contribution is 2.44. The number of carbonyl (C=O) groups excluding carboxylic acids is 1. The smallest absolute Gasteiger partial charge is 0.407 e. The monoisotopic (exact) mass is 365 g/mol. The van der Waals surface area contributed by atoms with E-state index in [9.17, 15) is 14.7 Å². The van der Waals surface area contributed by atoms with E-state index in [-0.39, 0.29) is 24.5 Å². The molecule has 0 heterocycles. The fraction of sp³-hybridized carbons (Fsp3) is 0.364. The Bertz CT molecular complexity index is 817. The number of alkyl carbamates (subject to hydrolysis) is 1. The number of amides is 1. The summed E-state index contributed by atoms with van der Waals surface area (Å²) in [7, 11) is 0. The lowest BCUT2D eigenvalue weighted by molar-refractivity contribution is -0.143. The molecule has 140 valence electrons. The minimum Gasteiger partial charge on any atom is -0.481 e. The van der Waals surface area contributed by atoms with Gasteiger partial charge >= 0.3 is 12.1 Å². The minimum absolute atomic E-state index is 0.0290. The average Bonchev–Trinajstić information content (AvgIpc) is 3.00. The molecule has 0 saturated heterocycles. The van der Waals surface area contributed by atoms with Crippen LogP contribution < -0.4 is 5.32 Å². The van der Waals surface area contributed by atoms with E-state index in [4.69, 9.17) is 4.74 Å². The number of fused-ring (bicyclic) bond motifs is 3. The van der Waals surface area contributed by atoms with Gasteiger partial charge in [0.25, 0.3) is 0 Å². The van der Waals surface area contributed by atoms with Crippen molar-refractivity contribution in [3.63, 3.8) is 0 Å². The maximum absolute atomic E-state index is 12.3. The van der Waals surface area contributed by atoms with E-state index in [0.29, 0.717) is 12.8 Å². The highest BCUT2D eigenvalue weighted by molar-refractivity contribution is 5.79. The van der Waals surface area contributed by atoms with Gasteiger partial charge in [-0.15, -0.1) is 0 Å². The maximum atomic E-state index is 12.3. The summed E-state index contributed by atoms with van der Waals surface area (Å²) in [6, 6.07) is 16.3. The molecule has 1 amide bonds. The van der Waals surface area contributed by atoms with Crippen LogP contribution in [0, 0.1) is 5.92 Å². The molecule has 0 spiro atoms. The van der Waals surface area contributed by atoms with Crippen molar-refractivity contribution in [2.75, 3.05) is 6.61 Å². The van der Waals surface area contributed by atoms with Gasteiger partial charge in [0.05, 0.1) is 5.92 Å². The van der Waals surface area contributed by atoms with Crippen molar-refractivity contribution >= 4 is 12.1 Å². The van der Waals surface area contributed by atoms with Gasteiger partial charge in [-0.25, -0.2) is 4.79 Å². The quantitative estimate of drug-likeness (QED) is 0.853. The SMILES string of the molecule is O=C(N[C@H]1CCC[C@@H](C(=O)O)C1)OCC1c2ccccc2-c2ccccc21. The third-order valence-corrected chi connectivity index (χ3v) is 5.69. The van der Waals surface area contributed by atoms with Gasteiger partial charge in [-0.3, -0.25) is 4.79 Å². The van der Waals surface area contributed by atoms with Gasteiger partial charge < -0.3 is 15.2 Å². The largest absolute Gasteiger partial charge is 0.481 e. The Kier molecular flexibility index (Phi) is 4.84. The van der Waals surface area contributed by atoms with Crippen LogP contribution in [-0.2, 0) is 9.53 Å². The topological polar surface area (TPSA) is 75.6 Å². The number of ether oxygens (including phenoxy) is 1. The number of hydrogen-bond acceptors (Lipinski definition) is 3. The van der Waals surface area contributed by atoms with Gasteiger partial charge in [-0.2, -0.15) is 0 Å². The molecule has 5 nitrogen and oxygen atoms in total. The lowest BCUT2D eigenvalue weighted by Crippen LogP contribution is -2.40. The van der Waals surface area contributed by atoms with Crippen LogP contribution in [0.2, 0.25) is 0 Å². The number of carboxylic acid groups (broad SMARTS) is 1. The van der Waals surface area contributed by atoms with Crippen molar-refractivity contribution in [2.45, 2.75) is 37.6 Å². The summed E-state index contributed by atoms with van der Waals surface area (Å²) in [6.45, 7) is 0.273. The second-order valence-corrected chi connectivity index (χ2v) is 7.37. The molecule has 0 aromatic heterocycles. The van der Waals surface area contributed by atoms with E-state index in [1.165, 1.54) is 22.3 Å². The molecule has 5 heteroatoms. The van der Waals surface area contributed by atoms with Crippen molar-refractivity contribution in [1.29, 1.82) is 0 Å². The van der Waals surface area contributed by atoms with Crippen LogP contribution in [0.5, 0.6) is 0 Å². The van der Waals surface area contributed by atoms with Crippen molar-refractivity contribution in [3.05, 3.63) is 59.7 Å². The number of aliphatic carboxylic acids is 1. The van der Waals surface area contributed by atoms with Crippen molar-refractivity contribution in [2.24, 2.45) is 5.92 Å². The summed E-state index contributed by atoms with van der Waals surface area (Å²) in [4.78, 5) is 23.5. The highest BCUT2D eigenvalue weighted by atomic mass is 16.5. The van der Waals surface area contributed by atoms with Crippen molar-refractivity contribution in [3.8, 4) is 11.1 Å². The Morgan fingerprint density at radius 2 is 1.63 bits per heavy atom. The van der Waals surface area contributed by atoms with Crippen LogP contribution >= 0.6 is 0 Å². The van der Waals surface area contributed by atoms with Crippen LogP contribution in [-0.4, -0.2) is 29.8 Å². The van der Waals surface area contributed by atoms with Gasteiger partial charge in [-0.1, -0.05) is 55.0 Å². The average molecular weight is 365 g/mol. The van der Waals surface area contributed by atoms with Crippen molar-refractivity contribution < 1.29 is 19.4 Å². The molecule has 0 unspecified atom stereocenters. The Balaban J connectivity index is 1.40. The van der Waals surface area contributed by atoms with Gasteiger partial charge in [0.1, 0.15) is 6.61 Å². The zero-order chi connectivity index (χ0) is 18.8. The second kappa shape index (κ2) is 7.43. The molecule has 2 aliphatic rings. The van der Waals surface area contributed by atoms with E-state index in [2.05, 4.69) is 29.6 Å². The Morgan fingerprint density at radius 1 is 1.00 bits per heavy atom. The molecule has 2 aromatic rings. The molecule has 1 fully saturated rings. The number of benzene rings is 2. The molecule has 0 radical (unpaired) electrons. The first-order valence-corrected chi connectivity index (χ1v) is 9.48. The summed E-state index contributed by atoms with van der Waals surface area (Å²) in [5, 5.41) is 12.0. The number of carboxylic acids is 1. The third-order valence-electron chi connectivity index (χ3n) is 5.69. The summed E-state index contributed by atoms with van der Waals surface area (Å²) in [6.07, 6.45) is 2.30. The van der Waals surface area contributed by atoms with Crippen LogP contribution in [0.1, 0.15) is 42.7 Å². The minimum atomic E-state index is -0.783. The first kappa shape index (κ1) is 17.6. The van der Waals surface area contributed by atoms with Crippen LogP contribution in [0.4, 0.5) is 4.79 Å². The number of rotatable bonds is 4. The van der Waals surface area contributed by atoms with Gasteiger partial charge in [0.15, 0.2) is 0 Å². The molecule has 2 atom stereocenters. The molecule has 4 rings (SSSR count). The maximum Gasteiger partial charge on any atom is 0.407 e. The predicted octanol–water partition coefficient (Wildman–Crippen LogP) is 4.17. The predicted molar refractivity (Wildman–Crippen MR) is 102 cm³/mol. The molecule has 0 aliphatic heterocycles. The van der Waals surface area contributed by atoms with E-state index in [1.807, 2.05) is 24.3 Å². The molecular weight excluding hydrogens is 342 g/mol. The zero-order valence-electron chi connectivity index (χ0n) is 15.1. The van der Waals surface area contributed by atoms with E-state index in [0.717, 1.165) is 12.8 Å². The Labute approximate surface area is 158 Å². The summed E-state index contributed by atoms with van der Waals surface area (Å²) < 4.78 is 5.54. The van der Waals surface area contributed by atoms with Gasteiger partial charge in [-0.05, 0) is 41.5 Å². The first-order chi connectivity index (χ1) is 13.1. The van der Waals surface area contributed by atoms with Crippen LogP contribution in [0.3, 0.4) is 0 Å². The molecule has 27 heavy (non-hydrogen) atoms. The van der Waals surface area contributed by atoms with Crippen LogP contribution in [0.25, 0.3) is 11.1 Å². The number of hydrogen-bond donors (Lipinski definition) is 2. The molecule has 0 bridgehead atoms. The Hall–Kier alpha value is -2.82. The van der Waals surface area contributed by atoms with E-state index < -0.39 is 12.1 Å². The Morgan fingerprint density at radius 3 is 2.26 bits per heavy atom. The molecule has 1 saturated carbocycles. The summed E-state index contributed by atoms with van der Waals surface area (Å²) >= 11 is 0. The van der Waals surface area contributed by atoms with Crippen LogP contribution in [0.15, 0.2) is 48.5 Å². The molecule has 2 aromatic carbocycles. The number of carbonyl (C=O) groups is 2. The lowest BCUT2D eigenvalue weighted by Gasteiger charge is -2.27. The molecule has 2 aliphatic carbocycles. The second-order valence-electron chi connectivity index (χ2n) is 7.37. The third kappa shape index (κ3) is 3.54. The fourth-order valence-electron chi connectivity index (χ4n) is 4.35. The highest BCUT2D eigenvalue weighted by Gasteiger charge is 2.30. The van der Waals surface area contributed by atoms with Crippen molar-refractivity contribution in [1.82, 2.24) is 5.32 Å². The normalized spacial score (nSPS) is 21.2. The molecule has 2 N–H and O–H groups in total. The zero-order valence-corrected chi connectivity index (χ0v) is 15.1. The van der Waals surface area contributed by atoms with Gasteiger partial charge in [0.2, 0.25) is 0 Å². The van der Waals surface area contributed by atoms with E-state index >= 15 is 0 Å². The van der Waals surface area contributed by atoms with E-state index in [1.54, 1.807) is 0 Å². The fourth-order valence-corrected chi connectivity index (χ4v) is 4.35. The van der Waals surface area contributed by atoms with Gasteiger partial charge in [0, 0.05) is 12.0 Å². The lowest BCUT2D eigenvalue weighted by atomic mass is 9.86.